The number of hydrogen-bond donors (Lipinski definition) is 2. The highest BCUT2D eigenvalue weighted by Crippen LogP contribution is 2.15. The summed E-state index contributed by atoms with van der Waals surface area (Å²) >= 11 is 0. The van der Waals surface area contributed by atoms with Crippen molar-refractivity contribution in [2.75, 3.05) is 13.1 Å². The van der Waals surface area contributed by atoms with Gasteiger partial charge < -0.3 is 5.32 Å². The van der Waals surface area contributed by atoms with Crippen LogP contribution in [0, 0.1) is 5.92 Å². The fourth-order valence-electron chi connectivity index (χ4n) is 2.52. The van der Waals surface area contributed by atoms with Crippen LogP contribution in [-0.4, -0.2) is 27.5 Å². The van der Waals surface area contributed by atoms with Crippen LogP contribution in [0.1, 0.15) is 32.3 Å². The third kappa shape index (κ3) is 5.58. The van der Waals surface area contributed by atoms with Gasteiger partial charge in [0.05, 0.1) is 4.90 Å². The van der Waals surface area contributed by atoms with E-state index in [0.717, 1.165) is 25.8 Å². The highest BCUT2D eigenvalue weighted by molar-refractivity contribution is 7.89. The number of hydrogen-bond acceptors (Lipinski definition) is 3. The monoisotopic (exact) mass is 332 g/mol. The molecule has 0 aliphatic carbocycles. The summed E-state index contributed by atoms with van der Waals surface area (Å²) < 4.78 is 27.4. The first-order chi connectivity index (χ1) is 9.47. The molecule has 0 aromatic heterocycles. The van der Waals surface area contributed by atoms with Crippen LogP contribution in [0.5, 0.6) is 0 Å². The van der Waals surface area contributed by atoms with Gasteiger partial charge in [-0.25, -0.2) is 13.1 Å². The van der Waals surface area contributed by atoms with Crippen LogP contribution < -0.4 is 10.0 Å². The van der Waals surface area contributed by atoms with E-state index in [-0.39, 0.29) is 18.4 Å². The SMILES string of the molecule is CC(C)Cc1ccc(S(=O)(=O)N[C@@H]2CCCNC2)cc1.Cl. The molecule has 1 heterocycles. The summed E-state index contributed by atoms with van der Waals surface area (Å²) in [7, 11) is -3.40. The van der Waals surface area contributed by atoms with Crippen molar-refractivity contribution in [3.63, 3.8) is 0 Å². The van der Waals surface area contributed by atoms with Gasteiger partial charge in [0.2, 0.25) is 10.0 Å². The summed E-state index contributed by atoms with van der Waals surface area (Å²) in [6, 6.07) is 7.23. The number of piperidine rings is 1. The molecule has 2 N–H and O–H groups in total. The summed E-state index contributed by atoms with van der Waals surface area (Å²) in [5.74, 6) is 0.573. The third-order valence-electron chi connectivity index (χ3n) is 3.50. The molecule has 1 saturated heterocycles. The van der Waals surface area contributed by atoms with Gasteiger partial charge in [-0.3, -0.25) is 0 Å². The highest BCUT2D eigenvalue weighted by Gasteiger charge is 2.21. The molecule has 0 saturated carbocycles. The molecule has 1 aliphatic rings. The Kier molecular flexibility index (Phi) is 7.13. The van der Waals surface area contributed by atoms with E-state index >= 15 is 0 Å². The summed E-state index contributed by atoms with van der Waals surface area (Å²) in [6.45, 7) is 6.00. The van der Waals surface area contributed by atoms with Gasteiger partial charge in [0.15, 0.2) is 0 Å². The number of sulfonamides is 1. The molecule has 0 unspecified atom stereocenters. The Morgan fingerprint density at radius 1 is 1.29 bits per heavy atom. The molecule has 1 atom stereocenters. The predicted molar refractivity (Wildman–Crippen MR) is 88.4 cm³/mol. The molecule has 0 radical (unpaired) electrons. The van der Waals surface area contributed by atoms with Crippen molar-refractivity contribution >= 4 is 22.4 Å². The summed E-state index contributed by atoms with van der Waals surface area (Å²) in [5, 5.41) is 3.21. The van der Waals surface area contributed by atoms with Crippen molar-refractivity contribution < 1.29 is 8.42 Å². The average molecular weight is 333 g/mol. The Morgan fingerprint density at radius 3 is 2.48 bits per heavy atom. The van der Waals surface area contributed by atoms with E-state index < -0.39 is 10.0 Å². The quantitative estimate of drug-likeness (QED) is 0.870. The summed E-state index contributed by atoms with van der Waals surface area (Å²) in [4.78, 5) is 0.357. The molecule has 0 bridgehead atoms. The standard InChI is InChI=1S/C15H24N2O2S.ClH/c1-12(2)10-13-5-7-15(8-6-13)20(18,19)17-14-4-3-9-16-11-14;/h5-8,12,14,16-17H,3-4,9-11H2,1-2H3;1H/t14-;/m1./s1. The zero-order valence-corrected chi connectivity index (χ0v) is 14.3. The fraction of sp³-hybridized carbons (Fsp3) is 0.600. The van der Waals surface area contributed by atoms with Gasteiger partial charge >= 0.3 is 0 Å². The summed E-state index contributed by atoms with van der Waals surface area (Å²) in [6.07, 6.45) is 2.89. The Labute approximate surface area is 134 Å². The maximum absolute atomic E-state index is 12.3. The lowest BCUT2D eigenvalue weighted by molar-refractivity contribution is 0.428. The van der Waals surface area contributed by atoms with Crippen LogP contribution in [0.15, 0.2) is 29.2 Å². The van der Waals surface area contributed by atoms with Crippen molar-refractivity contribution in [3.05, 3.63) is 29.8 Å². The molecule has 2 rings (SSSR count). The molecule has 120 valence electrons. The molecular weight excluding hydrogens is 308 g/mol. The van der Waals surface area contributed by atoms with Crippen LogP contribution >= 0.6 is 12.4 Å². The Balaban J connectivity index is 0.00000220. The zero-order chi connectivity index (χ0) is 14.6. The topological polar surface area (TPSA) is 58.2 Å². The second-order valence-corrected chi connectivity index (χ2v) is 7.62. The van der Waals surface area contributed by atoms with E-state index in [1.807, 2.05) is 12.1 Å². The van der Waals surface area contributed by atoms with Crippen molar-refractivity contribution in [1.82, 2.24) is 10.0 Å². The van der Waals surface area contributed by atoms with Gasteiger partial charge in [-0.05, 0) is 49.4 Å². The summed E-state index contributed by atoms with van der Waals surface area (Å²) in [5.41, 5.74) is 1.18. The molecule has 21 heavy (non-hydrogen) atoms. The molecule has 4 nitrogen and oxygen atoms in total. The molecule has 0 spiro atoms. The van der Waals surface area contributed by atoms with Crippen molar-refractivity contribution in [3.8, 4) is 0 Å². The molecule has 6 heteroatoms. The average Bonchev–Trinajstić information content (AvgIpc) is 2.39. The Hall–Kier alpha value is -0.620. The second kappa shape index (κ2) is 8.13. The van der Waals surface area contributed by atoms with Gasteiger partial charge in [-0.2, -0.15) is 0 Å². The van der Waals surface area contributed by atoms with Gasteiger partial charge in [0.25, 0.3) is 0 Å². The number of benzene rings is 1. The minimum absolute atomic E-state index is 0. The maximum atomic E-state index is 12.3. The normalized spacial score (nSPS) is 19.3. The van der Waals surface area contributed by atoms with Crippen molar-refractivity contribution in [1.29, 1.82) is 0 Å². The van der Waals surface area contributed by atoms with Gasteiger partial charge in [-0.1, -0.05) is 26.0 Å². The van der Waals surface area contributed by atoms with E-state index in [0.29, 0.717) is 17.4 Å². The van der Waals surface area contributed by atoms with Crippen molar-refractivity contribution in [2.24, 2.45) is 5.92 Å². The minimum atomic E-state index is -3.40. The second-order valence-electron chi connectivity index (χ2n) is 5.91. The first kappa shape index (κ1) is 18.4. The molecule has 1 aliphatic heterocycles. The maximum Gasteiger partial charge on any atom is 0.240 e. The number of rotatable bonds is 5. The van der Waals surface area contributed by atoms with E-state index in [4.69, 9.17) is 0 Å². The molecule has 1 fully saturated rings. The van der Waals surface area contributed by atoms with Crippen LogP contribution in [0.3, 0.4) is 0 Å². The smallest absolute Gasteiger partial charge is 0.240 e. The van der Waals surface area contributed by atoms with E-state index in [2.05, 4.69) is 23.9 Å². The minimum Gasteiger partial charge on any atom is -0.315 e. The van der Waals surface area contributed by atoms with Crippen LogP contribution in [0.2, 0.25) is 0 Å². The Bertz CT molecular complexity index is 523. The first-order valence-corrected chi connectivity index (χ1v) is 8.77. The van der Waals surface area contributed by atoms with E-state index in [9.17, 15) is 8.42 Å². The van der Waals surface area contributed by atoms with E-state index in [1.165, 1.54) is 5.56 Å². The van der Waals surface area contributed by atoms with Gasteiger partial charge in [-0.15, -0.1) is 12.4 Å². The van der Waals surface area contributed by atoms with Gasteiger partial charge in [0, 0.05) is 12.6 Å². The molecule has 0 amide bonds. The lowest BCUT2D eigenvalue weighted by Crippen LogP contribution is -2.45. The third-order valence-corrected chi connectivity index (χ3v) is 5.03. The number of halogens is 1. The van der Waals surface area contributed by atoms with Crippen LogP contribution in [0.4, 0.5) is 0 Å². The van der Waals surface area contributed by atoms with Crippen molar-refractivity contribution in [2.45, 2.75) is 44.0 Å². The Morgan fingerprint density at radius 2 is 1.95 bits per heavy atom. The zero-order valence-electron chi connectivity index (χ0n) is 12.6. The lowest BCUT2D eigenvalue weighted by atomic mass is 10.0. The van der Waals surface area contributed by atoms with Crippen LogP contribution in [-0.2, 0) is 16.4 Å². The highest BCUT2D eigenvalue weighted by atomic mass is 35.5. The molecule has 1 aromatic carbocycles. The fourth-order valence-corrected chi connectivity index (χ4v) is 3.79. The molecular formula is C15H25ClN2O2S. The van der Waals surface area contributed by atoms with E-state index in [1.54, 1.807) is 12.1 Å². The molecule has 1 aromatic rings. The largest absolute Gasteiger partial charge is 0.315 e. The van der Waals surface area contributed by atoms with Crippen LogP contribution in [0.25, 0.3) is 0 Å². The first-order valence-electron chi connectivity index (χ1n) is 7.29. The predicted octanol–water partition coefficient (Wildman–Crippen LogP) is 2.34. The lowest BCUT2D eigenvalue weighted by Gasteiger charge is -2.23. The number of nitrogens with one attached hydrogen (secondary N) is 2. The van der Waals surface area contributed by atoms with Gasteiger partial charge in [0.1, 0.15) is 0 Å².